The van der Waals surface area contributed by atoms with Gasteiger partial charge in [0.25, 0.3) is 5.91 Å². The fourth-order valence-corrected chi connectivity index (χ4v) is 1.94. The van der Waals surface area contributed by atoms with Crippen molar-refractivity contribution >= 4 is 11.6 Å². The molecule has 5 heteroatoms. The summed E-state index contributed by atoms with van der Waals surface area (Å²) in [7, 11) is 0. The van der Waals surface area contributed by atoms with Crippen LogP contribution in [-0.2, 0) is 11.2 Å². The van der Waals surface area contributed by atoms with E-state index in [0.29, 0.717) is 5.75 Å². The van der Waals surface area contributed by atoms with Crippen LogP contribution >= 0.6 is 0 Å². The average Bonchev–Trinajstić information content (AvgIpc) is 2.40. The van der Waals surface area contributed by atoms with Crippen LogP contribution < -0.4 is 15.4 Å². The lowest BCUT2D eigenvalue weighted by atomic mass is 10.1. The highest BCUT2D eigenvalue weighted by Gasteiger charge is 2.23. The van der Waals surface area contributed by atoms with Crippen molar-refractivity contribution in [1.29, 1.82) is 0 Å². The van der Waals surface area contributed by atoms with Crippen molar-refractivity contribution in [2.24, 2.45) is 0 Å². The van der Waals surface area contributed by atoms with Crippen molar-refractivity contribution in [2.45, 2.75) is 32.4 Å². The maximum Gasteiger partial charge on any atom is 0.265 e. The Morgan fingerprint density at radius 2 is 2.32 bits per heavy atom. The van der Waals surface area contributed by atoms with Gasteiger partial charge in [0.2, 0.25) is 0 Å². The van der Waals surface area contributed by atoms with Crippen molar-refractivity contribution in [1.82, 2.24) is 5.32 Å². The van der Waals surface area contributed by atoms with Gasteiger partial charge in [-0.3, -0.25) is 4.79 Å². The zero-order chi connectivity index (χ0) is 13.8. The number of nitrogens with one attached hydrogen (secondary N) is 2. The molecule has 1 aliphatic heterocycles. The fourth-order valence-electron chi connectivity index (χ4n) is 1.94. The lowest BCUT2D eigenvalue weighted by Gasteiger charge is -2.23. The number of benzene rings is 1. The zero-order valence-electron chi connectivity index (χ0n) is 11.3. The molecular formula is C14H20N2O3. The second-order valence-electron chi connectivity index (χ2n) is 4.87. The Bertz CT molecular complexity index is 462. The second kappa shape index (κ2) is 6.04. The lowest BCUT2D eigenvalue weighted by molar-refractivity contribution is -0.122. The molecule has 2 rings (SSSR count). The molecule has 5 nitrogen and oxygen atoms in total. The number of carbonyl (C=O) groups is 1. The number of rotatable bonds is 5. The minimum absolute atomic E-state index is 0.0986. The van der Waals surface area contributed by atoms with Crippen LogP contribution in [0.25, 0.3) is 0 Å². The van der Waals surface area contributed by atoms with Gasteiger partial charge in [-0.1, -0.05) is 6.07 Å². The van der Waals surface area contributed by atoms with Gasteiger partial charge in [0.05, 0.1) is 12.3 Å². The Morgan fingerprint density at radius 1 is 1.53 bits per heavy atom. The summed E-state index contributed by atoms with van der Waals surface area (Å²) >= 11 is 0. The van der Waals surface area contributed by atoms with Crippen LogP contribution in [0.4, 0.5) is 5.69 Å². The Kier molecular flexibility index (Phi) is 4.39. The molecule has 3 N–H and O–H groups in total. The standard InChI is InChI=1S/C14H20N2O3/c1-9(8-17)15-6-5-11-3-4-13-12(7-11)16-14(18)10(2)19-13/h3-4,7,9-10,15,17H,5-6,8H2,1-2H3,(H,16,18). The Hall–Kier alpha value is -1.59. The molecule has 2 atom stereocenters. The molecule has 19 heavy (non-hydrogen) atoms. The number of ether oxygens (including phenoxy) is 1. The predicted molar refractivity (Wildman–Crippen MR) is 73.4 cm³/mol. The van der Waals surface area contributed by atoms with Crippen molar-refractivity contribution in [3.8, 4) is 5.75 Å². The maximum absolute atomic E-state index is 11.5. The lowest BCUT2D eigenvalue weighted by Crippen LogP contribution is -2.34. The summed E-state index contributed by atoms with van der Waals surface area (Å²) in [6, 6.07) is 5.91. The van der Waals surface area contributed by atoms with Crippen molar-refractivity contribution in [2.75, 3.05) is 18.5 Å². The first-order chi connectivity index (χ1) is 9.10. The van der Waals surface area contributed by atoms with E-state index in [-0.39, 0.29) is 18.6 Å². The molecule has 0 saturated carbocycles. The topological polar surface area (TPSA) is 70.6 Å². The van der Waals surface area contributed by atoms with E-state index in [4.69, 9.17) is 9.84 Å². The number of aliphatic hydroxyl groups is 1. The van der Waals surface area contributed by atoms with E-state index in [2.05, 4.69) is 10.6 Å². The summed E-state index contributed by atoms with van der Waals surface area (Å²) in [5.41, 5.74) is 1.85. The molecule has 0 fully saturated rings. The molecule has 0 aliphatic carbocycles. The van der Waals surface area contributed by atoms with Gasteiger partial charge in [-0.2, -0.15) is 0 Å². The Balaban J connectivity index is 1.97. The van der Waals surface area contributed by atoms with Crippen LogP contribution in [0.15, 0.2) is 18.2 Å². The van der Waals surface area contributed by atoms with Crippen LogP contribution in [0.3, 0.4) is 0 Å². The number of aliphatic hydroxyl groups excluding tert-OH is 1. The summed E-state index contributed by atoms with van der Waals surface area (Å²) in [5.74, 6) is 0.601. The number of fused-ring (bicyclic) bond motifs is 1. The van der Waals surface area contributed by atoms with E-state index in [0.717, 1.165) is 24.2 Å². The highest BCUT2D eigenvalue weighted by molar-refractivity contribution is 5.97. The van der Waals surface area contributed by atoms with Gasteiger partial charge >= 0.3 is 0 Å². The number of anilines is 1. The Labute approximate surface area is 113 Å². The van der Waals surface area contributed by atoms with Gasteiger partial charge in [-0.15, -0.1) is 0 Å². The SMILES string of the molecule is CC(CO)NCCc1ccc2c(c1)NC(=O)C(C)O2. The van der Waals surface area contributed by atoms with Gasteiger partial charge < -0.3 is 20.5 Å². The summed E-state index contributed by atoms with van der Waals surface area (Å²) in [6.07, 6.45) is 0.397. The average molecular weight is 264 g/mol. The first-order valence-corrected chi connectivity index (χ1v) is 6.55. The molecule has 0 radical (unpaired) electrons. The summed E-state index contributed by atoms with van der Waals surface area (Å²) in [6.45, 7) is 4.58. The molecule has 1 amide bonds. The van der Waals surface area contributed by atoms with Gasteiger partial charge in [0, 0.05) is 6.04 Å². The molecule has 2 unspecified atom stereocenters. The largest absolute Gasteiger partial charge is 0.479 e. The molecule has 1 aliphatic rings. The van der Waals surface area contributed by atoms with Crippen LogP contribution in [0.1, 0.15) is 19.4 Å². The zero-order valence-corrected chi connectivity index (χ0v) is 11.3. The number of hydrogen-bond donors (Lipinski definition) is 3. The predicted octanol–water partition coefficient (Wildman–Crippen LogP) is 0.919. The first-order valence-electron chi connectivity index (χ1n) is 6.55. The highest BCUT2D eigenvalue weighted by Crippen LogP contribution is 2.30. The molecular weight excluding hydrogens is 244 g/mol. The normalized spacial score (nSPS) is 19.3. The summed E-state index contributed by atoms with van der Waals surface area (Å²) < 4.78 is 5.50. The van der Waals surface area contributed by atoms with Crippen molar-refractivity contribution < 1.29 is 14.6 Å². The van der Waals surface area contributed by atoms with Gasteiger partial charge in [-0.25, -0.2) is 0 Å². The van der Waals surface area contributed by atoms with E-state index >= 15 is 0 Å². The number of hydrogen-bond acceptors (Lipinski definition) is 4. The fraction of sp³-hybridized carbons (Fsp3) is 0.500. The highest BCUT2D eigenvalue weighted by atomic mass is 16.5. The van der Waals surface area contributed by atoms with Crippen molar-refractivity contribution in [3.63, 3.8) is 0 Å². The first kappa shape index (κ1) is 13.8. The second-order valence-corrected chi connectivity index (χ2v) is 4.87. The van der Waals surface area contributed by atoms with Crippen LogP contribution in [0.2, 0.25) is 0 Å². The monoisotopic (exact) mass is 264 g/mol. The molecule has 0 spiro atoms. The van der Waals surface area contributed by atoms with E-state index in [9.17, 15) is 4.79 Å². The Morgan fingerprint density at radius 3 is 3.05 bits per heavy atom. The summed E-state index contributed by atoms with van der Waals surface area (Å²) in [4.78, 5) is 11.5. The molecule has 1 heterocycles. The minimum Gasteiger partial charge on any atom is -0.479 e. The molecule has 0 bridgehead atoms. The van der Waals surface area contributed by atoms with Crippen LogP contribution in [-0.4, -0.2) is 36.3 Å². The van der Waals surface area contributed by atoms with E-state index < -0.39 is 6.10 Å². The third-order valence-corrected chi connectivity index (χ3v) is 3.16. The third kappa shape index (κ3) is 3.45. The third-order valence-electron chi connectivity index (χ3n) is 3.16. The van der Waals surface area contributed by atoms with Gasteiger partial charge in [0.15, 0.2) is 6.10 Å². The minimum atomic E-state index is -0.439. The van der Waals surface area contributed by atoms with Crippen LogP contribution in [0, 0.1) is 0 Å². The number of carbonyl (C=O) groups excluding carboxylic acids is 1. The molecule has 0 saturated heterocycles. The van der Waals surface area contributed by atoms with Crippen molar-refractivity contribution in [3.05, 3.63) is 23.8 Å². The van der Waals surface area contributed by atoms with E-state index in [1.807, 2.05) is 25.1 Å². The van der Waals surface area contributed by atoms with E-state index in [1.165, 1.54) is 0 Å². The molecule has 1 aromatic carbocycles. The number of amides is 1. The smallest absolute Gasteiger partial charge is 0.265 e. The van der Waals surface area contributed by atoms with Gasteiger partial charge in [-0.05, 0) is 44.5 Å². The maximum atomic E-state index is 11.5. The molecule has 0 aromatic heterocycles. The van der Waals surface area contributed by atoms with E-state index in [1.54, 1.807) is 6.92 Å². The molecule has 1 aromatic rings. The quantitative estimate of drug-likeness (QED) is 0.739. The summed E-state index contributed by atoms with van der Waals surface area (Å²) in [5, 5.41) is 15.0. The van der Waals surface area contributed by atoms with Gasteiger partial charge in [0.1, 0.15) is 5.75 Å². The van der Waals surface area contributed by atoms with Crippen LogP contribution in [0.5, 0.6) is 5.75 Å². The molecule has 104 valence electrons.